The predicted octanol–water partition coefficient (Wildman–Crippen LogP) is 0.916. The molecule has 0 aromatic heterocycles. The van der Waals surface area contributed by atoms with Gasteiger partial charge in [-0.25, -0.2) is 0 Å². The van der Waals surface area contributed by atoms with Gasteiger partial charge in [0.2, 0.25) is 0 Å². The third-order valence-electron chi connectivity index (χ3n) is 2.33. The summed E-state index contributed by atoms with van der Waals surface area (Å²) in [4.78, 5) is 14.6. The van der Waals surface area contributed by atoms with Crippen LogP contribution in [-0.2, 0) is 4.79 Å². The molecule has 0 saturated heterocycles. The van der Waals surface area contributed by atoms with E-state index < -0.39 is 5.97 Å². The second-order valence-corrected chi connectivity index (χ2v) is 3.21. The molecule has 4 heteroatoms. The molecular weight excluding hydrogens is 168 g/mol. The van der Waals surface area contributed by atoms with Gasteiger partial charge in [0.05, 0.1) is 0 Å². The second-order valence-electron chi connectivity index (χ2n) is 3.21. The Balaban J connectivity index is 2.43. The van der Waals surface area contributed by atoms with Gasteiger partial charge in [-0.1, -0.05) is 0 Å². The molecule has 0 bridgehead atoms. The molecule has 0 saturated carbocycles. The lowest BCUT2D eigenvalue weighted by Crippen LogP contribution is -2.36. The van der Waals surface area contributed by atoms with Gasteiger partial charge in [0.15, 0.2) is 0 Å². The molecule has 1 unspecified atom stereocenters. The highest BCUT2D eigenvalue weighted by Crippen LogP contribution is 2.17. The molecule has 0 aromatic carbocycles. The maximum atomic E-state index is 10.4. The molecule has 0 radical (unpaired) electrons. The molecule has 1 aliphatic heterocycles. The quantitative estimate of drug-likeness (QED) is 0.705. The average Bonchev–Trinajstić information content (AvgIpc) is 2.43. The first-order valence-corrected chi connectivity index (χ1v) is 4.53. The van der Waals surface area contributed by atoms with Gasteiger partial charge in [-0.2, -0.15) is 0 Å². The first-order chi connectivity index (χ1) is 6.15. The summed E-state index contributed by atoms with van der Waals surface area (Å²) in [5.41, 5.74) is 0. The van der Waals surface area contributed by atoms with Crippen molar-refractivity contribution in [2.24, 2.45) is 0 Å². The lowest BCUT2D eigenvalue weighted by Gasteiger charge is -2.29. The Kier molecular flexibility index (Phi) is 3.17. The van der Waals surface area contributed by atoms with E-state index in [9.17, 15) is 4.79 Å². The van der Waals surface area contributed by atoms with Crippen molar-refractivity contribution in [2.75, 3.05) is 13.6 Å². The van der Waals surface area contributed by atoms with Gasteiger partial charge in [-0.3, -0.25) is 4.79 Å². The van der Waals surface area contributed by atoms with Crippen LogP contribution < -0.4 is 0 Å². The summed E-state index contributed by atoms with van der Waals surface area (Å²) in [6, 6.07) is 0. The molecule has 4 nitrogen and oxygen atoms in total. The maximum absolute atomic E-state index is 10.4. The maximum Gasteiger partial charge on any atom is 0.303 e. The molecule has 1 aliphatic rings. The molecule has 0 aliphatic carbocycles. The summed E-state index contributed by atoms with van der Waals surface area (Å²) in [6.07, 6.45) is 5.11. The number of hydrogen-bond acceptors (Lipinski definition) is 3. The van der Waals surface area contributed by atoms with Crippen molar-refractivity contribution in [3.63, 3.8) is 0 Å². The van der Waals surface area contributed by atoms with Crippen molar-refractivity contribution < 1.29 is 9.90 Å². The van der Waals surface area contributed by atoms with Crippen LogP contribution >= 0.6 is 0 Å². The van der Waals surface area contributed by atoms with Crippen LogP contribution in [0.2, 0.25) is 0 Å². The minimum atomic E-state index is -0.726. The van der Waals surface area contributed by atoms with Gasteiger partial charge >= 0.3 is 5.97 Å². The second kappa shape index (κ2) is 4.16. The third-order valence-corrected chi connectivity index (χ3v) is 2.33. The van der Waals surface area contributed by atoms with Gasteiger partial charge in [0.25, 0.3) is 0 Å². The summed E-state index contributed by atoms with van der Waals surface area (Å²) in [5.74, 6) is -0.726. The first-order valence-electron chi connectivity index (χ1n) is 4.53. The molecular formula is C9H16N2O2. The van der Waals surface area contributed by atoms with Crippen LogP contribution in [-0.4, -0.2) is 40.6 Å². The fourth-order valence-electron chi connectivity index (χ4n) is 1.56. The number of hydrogen-bond donors (Lipinski definition) is 1. The molecule has 74 valence electrons. The van der Waals surface area contributed by atoms with E-state index in [2.05, 4.69) is 11.8 Å². The number of carboxylic acids is 1. The monoisotopic (exact) mass is 184 g/mol. The molecule has 0 amide bonds. The number of carboxylic acid groups (broad SMARTS) is 1. The van der Waals surface area contributed by atoms with Crippen LogP contribution in [0.3, 0.4) is 0 Å². The largest absolute Gasteiger partial charge is 0.481 e. The predicted molar refractivity (Wildman–Crippen MR) is 49.9 cm³/mol. The summed E-state index contributed by atoms with van der Waals surface area (Å²) in [7, 11) is 1.97. The average molecular weight is 184 g/mol. The van der Waals surface area contributed by atoms with Gasteiger partial charge in [-0.05, 0) is 13.3 Å². The summed E-state index contributed by atoms with van der Waals surface area (Å²) in [6.45, 7) is 2.99. The Bertz CT molecular complexity index is 216. The topological polar surface area (TPSA) is 43.8 Å². The Morgan fingerprint density at radius 1 is 1.54 bits per heavy atom. The van der Waals surface area contributed by atoms with E-state index in [1.165, 1.54) is 0 Å². The Morgan fingerprint density at radius 3 is 2.77 bits per heavy atom. The van der Waals surface area contributed by atoms with Crippen LogP contribution in [0.15, 0.2) is 12.4 Å². The van der Waals surface area contributed by atoms with Crippen molar-refractivity contribution in [3.8, 4) is 0 Å². The van der Waals surface area contributed by atoms with Crippen LogP contribution in [0, 0.1) is 0 Å². The smallest absolute Gasteiger partial charge is 0.303 e. The van der Waals surface area contributed by atoms with Crippen LogP contribution in [0.4, 0.5) is 0 Å². The normalized spacial score (nSPS) is 21.2. The SMILES string of the molecule is CCN1C=CN(C)C1CCC(=O)O. The van der Waals surface area contributed by atoms with Gasteiger partial charge < -0.3 is 14.9 Å². The molecule has 0 fully saturated rings. The summed E-state index contributed by atoms with van der Waals surface area (Å²) in [5, 5.41) is 8.56. The van der Waals surface area contributed by atoms with Crippen LogP contribution in [0.5, 0.6) is 0 Å². The third kappa shape index (κ3) is 2.37. The highest BCUT2D eigenvalue weighted by Gasteiger charge is 2.22. The van der Waals surface area contributed by atoms with E-state index in [-0.39, 0.29) is 12.6 Å². The van der Waals surface area contributed by atoms with E-state index in [1.807, 2.05) is 24.3 Å². The zero-order valence-electron chi connectivity index (χ0n) is 8.10. The van der Waals surface area contributed by atoms with E-state index in [4.69, 9.17) is 5.11 Å². The van der Waals surface area contributed by atoms with Crippen molar-refractivity contribution in [1.29, 1.82) is 0 Å². The van der Waals surface area contributed by atoms with E-state index in [1.54, 1.807) is 0 Å². The van der Waals surface area contributed by atoms with Crippen molar-refractivity contribution in [1.82, 2.24) is 9.80 Å². The van der Waals surface area contributed by atoms with Crippen molar-refractivity contribution in [3.05, 3.63) is 12.4 Å². The van der Waals surface area contributed by atoms with Gasteiger partial charge in [0, 0.05) is 32.4 Å². The first kappa shape index (κ1) is 9.89. The number of carbonyl (C=O) groups is 1. The molecule has 1 rings (SSSR count). The minimum Gasteiger partial charge on any atom is -0.481 e. The fourth-order valence-corrected chi connectivity index (χ4v) is 1.56. The van der Waals surface area contributed by atoms with Crippen LogP contribution in [0.25, 0.3) is 0 Å². The van der Waals surface area contributed by atoms with Crippen LogP contribution in [0.1, 0.15) is 19.8 Å². The van der Waals surface area contributed by atoms with Crippen molar-refractivity contribution >= 4 is 5.97 Å². The number of nitrogens with zero attached hydrogens (tertiary/aromatic N) is 2. The molecule has 1 atom stereocenters. The zero-order valence-corrected chi connectivity index (χ0v) is 8.10. The minimum absolute atomic E-state index is 0.223. The Labute approximate surface area is 78.4 Å². The van der Waals surface area contributed by atoms with Crippen molar-refractivity contribution in [2.45, 2.75) is 25.9 Å². The Hall–Kier alpha value is -1.19. The molecule has 0 aromatic rings. The lowest BCUT2D eigenvalue weighted by molar-refractivity contribution is -0.137. The van der Waals surface area contributed by atoms with E-state index >= 15 is 0 Å². The van der Waals surface area contributed by atoms with Gasteiger partial charge in [-0.15, -0.1) is 0 Å². The summed E-state index contributed by atoms with van der Waals surface area (Å²) < 4.78 is 0. The standard InChI is InChI=1S/C9H16N2O2/c1-3-11-7-6-10(2)8(11)4-5-9(12)13/h6-8H,3-5H2,1-2H3,(H,12,13). The number of aliphatic carboxylic acids is 1. The summed E-state index contributed by atoms with van der Waals surface area (Å²) >= 11 is 0. The van der Waals surface area contributed by atoms with E-state index in [0.717, 1.165) is 6.54 Å². The fraction of sp³-hybridized carbons (Fsp3) is 0.667. The van der Waals surface area contributed by atoms with E-state index in [0.29, 0.717) is 6.42 Å². The molecule has 13 heavy (non-hydrogen) atoms. The lowest BCUT2D eigenvalue weighted by atomic mass is 10.2. The highest BCUT2D eigenvalue weighted by atomic mass is 16.4. The Morgan fingerprint density at radius 2 is 2.23 bits per heavy atom. The van der Waals surface area contributed by atoms with Gasteiger partial charge in [0.1, 0.15) is 6.17 Å². The molecule has 0 spiro atoms. The number of rotatable bonds is 4. The molecule has 1 N–H and O–H groups in total. The zero-order chi connectivity index (χ0) is 9.84. The highest BCUT2D eigenvalue weighted by molar-refractivity contribution is 5.66. The molecule has 1 heterocycles.